The molecule has 3 nitrogen and oxygen atoms in total. The van der Waals surface area contributed by atoms with E-state index in [1.165, 1.54) is 12.8 Å². The number of aromatic nitrogens is 1. The molecule has 0 aliphatic heterocycles. The van der Waals surface area contributed by atoms with Gasteiger partial charge in [0.2, 0.25) is 0 Å². The van der Waals surface area contributed by atoms with Gasteiger partial charge in [-0.25, -0.2) is 0 Å². The first-order chi connectivity index (χ1) is 8.90. The van der Waals surface area contributed by atoms with Crippen LogP contribution in [0.3, 0.4) is 0 Å². The topological polar surface area (TPSA) is 37.0 Å². The van der Waals surface area contributed by atoms with E-state index in [-0.39, 0.29) is 0 Å². The third kappa shape index (κ3) is 3.77. The molecule has 0 aliphatic carbocycles. The van der Waals surface area contributed by atoms with Gasteiger partial charge in [-0.1, -0.05) is 6.92 Å². The number of hydrogen-bond acceptors (Lipinski definition) is 2. The first kappa shape index (κ1) is 13.0. The molecule has 97 valence electrons. The van der Waals surface area contributed by atoms with Gasteiger partial charge in [-0.2, -0.15) is 0 Å². The zero-order valence-corrected chi connectivity index (χ0v) is 11.0. The summed E-state index contributed by atoms with van der Waals surface area (Å²) in [6, 6.07) is 9.20. The van der Waals surface area contributed by atoms with E-state index >= 15 is 0 Å². The molecule has 0 fully saturated rings. The Labute approximate surface area is 109 Å². The fourth-order valence-corrected chi connectivity index (χ4v) is 1.95. The van der Waals surface area contributed by atoms with E-state index in [9.17, 15) is 0 Å². The monoisotopic (exact) mass is 245 g/mol. The van der Waals surface area contributed by atoms with Crippen molar-refractivity contribution < 1.29 is 4.74 Å². The van der Waals surface area contributed by atoms with E-state index in [1.54, 1.807) is 0 Å². The number of benzene rings is 1. The molecule has 0 bridgehead atoms. The van der Waals surface area contributed by atoms with E-state index < -0.39 is 0 Å². The first-order valence-corrected chi connectivity index (χ1v) is 6.72. The smallest absolute Gasteiger partial charge is 0.121 e. The Morgan fingerprint density at radius 3 is 3.11 bits per heavy atom. The fraction of sp³-hybridized carbons (Fsp3) is 0.467. The number of aromatic amines is 1. The van der Waals surface area contributed by atoms with Crippen molar-refractivity contribution in [1.29, 1.82) is 0 Å². The quantitative estimate of drug-likeness (QED) is 0.701. The first-order valence-electron chi connectivity index (χ1n) is 6.72. The maximum atomic E-state index is 5.74. The Bertz CT molecular complexity index is 464. The molecule has 0 spiro atoms. The van der Waals surface area contributed by atoms with Gasteiger partial charge in [-0.3, -0.25) is 0 Å². The van der Waals surface area contributed by atoms with Crippen molar-refractivity contribution in [2.75, 3.05) is 19.7 Å². The van der Waals surface area contributed by atoms with E-state index in [4.69, 9.17) is 4.74 Å². The van der Waals surface area contributed by atoms with Crippen molar-refractivity contribution in [3.8, 4) is 5.75 Å². The third-order valence-electron chi connectivity index (χ3n) is 2.96. The van der Waals surface area contributed by atoms with Crippen molar-refractivity contribution in [3.05, 3.63) is 30.5 Å². The van der Waals surface area contributed by atoms with Gasteiger partial charge >= 0.3 is 0 Å². The molecular formula is C15H21N2O. The van der Waals surface area contributed by atoms with E-state index in [0.717, 1.165) is 42.8 Å². The molecule has 0 amide bonds. The second-order valence-electron chi connectivity index (χ2n) is 4.40. The van der Waals surface area contributed by atoms with Crippen LogP contribution in [-0.2, 0) is 0 Å². The van der Waals surface area contributed by atoms with Gasteiger partial charge in [0.25, 0.3) is 0 Å². The summed E-state index contributed by atoms with van der Waals surface area (Å²) in [5.74, 6) is 0.935. The molecule has 0 saturated carbocycles. The molecule has 3 heteroatoms. The average molecular weight is 245 g/mol. The van der Waals surface area contributed by atoms with Crippen LogP contribution in [0.25, 0.3) is 10.9 Å². The second kappa shape index (κ2) is 7.07. The largest absolute Gasteiger partial charge is 0.494 e. The zero-order valence-electron chi connectivity index (χ0n) is 11.0. The summed E-state index contributed by atoms with van der Waals surface area (Å²) < 4.78 is 5.74. The van der Waals surface area contributed by atoms with Gasteiger partial charge in [0.15, 0.2) is 0 Å². The highest BCUT2D eigenvalue weighted by Gasteiger charge is 1.98. The highest BCUT2D eigenvalue weighted by Crippen LogP contribution is 2.19. The van der Waals surface area contributed by atoms with Crippen LogP contribution in [0.2, 0.25) is 0 Å². The van der Waals surface area contributed by atoms with Crippen LogP contribution in [0.1, 0.15) is 26.2 Å². The molecular weight excluding hydrogens is 224 g/mol. The van der Waals surface area contributed by atoms with Crippen LogP contribution >= 0.6 is 0 Å². The normalized spacial score (nSPS) is 10.9. The summed E-state index contributed by atoms with van der Waals surface area (Å²) in [5, 5.41) is 4.43. The maximum Gasteiger partial charge on any atom is 0.121 e. The highest BCUT2D eigenvalue weighted by atomic mass is 16.5. The number of unbranched alkanes of at least 4 members (excludes halogenated alkanes) is 2. The number of rotatable bonds is 8. The van der Waals surface area contributed by atoms with E-state index in [2.05, 4.69) is 23.3 Å². The van der Waals surface area contributed by atoms with E-state index in [0.29, 0.717) is 0 Å². The molecule has 2 aromatic rings. The van der Waals surface area contributed by atoms with Gasteiger partial charge in [-0.15, -0.1) is 0 Å². The second-order valence-corrected chi connectivity index (χ2v) is 4.40. The molecule has 0 aliphatic rings. The molecule has 0 unspecified atom stereocenters. The Hall–Kier alpha value is -1.48. The molecule has 1 aromatic heterocycles. The highest BCUT2D eigenvalue weighted by molar-refractivity contribution is 5.79. The molecule has 2 N–H and O–H groups in total. The summed E-state index contributed by atoms with van der Waals surface area (Å²) >= 11 is 0. The average Bonchev–Trinajstić information content (AvgIpc) is 2.85. The predicted octanol–water partition coefficient (Wildman–Crippen LogP) is 3.13. The van der Waals surface area contributed by atoms with Crippen molar-refractivity contribution in [2.45, 2.75) is 26.2 Å². The fourth-order valence-electron chi connectivity index (χ4n) is 1.95. The van der Waals surface area contributed by atoms with Gasteiger partial charge in [-0.05, 0) is 44.5 Å². The Morgan fingerprint density at radius 2 is 2.22 bits per heavy atom. The Morgan fingerprint density at radius 1 is 1.28 bits per heavy atom. The minimum atomic E-state index is 0.794. The molecule has 0 saturated heterocycles. The van der Waals surface area contributed by atoms with Crippen molar-refractivity contribution in [2.24, 2.45) is 0 Å². The van der Waals surface area contributed by atoms with Gasteiger partial charge < -0.3 is 15.0 Å². The zero-order chi connectivity index (χ0) is 12.6. The SMILES string of the molecule is CCNCCCCCOc1ccc2[c]c[nH]c2c1. The number of nitrogens with one attached hydrogen (secondary N) is 2. The summed E-state index contributed by atoms with van der Waals surface area (Å²) in [6.45, 7) is 5.10. The molecule has 18 heavy (non-hydrogen) atoms. The Kier molecular flexibility index (Phi) is 5.09. The van der Waals surface area contributed by atoms with Gasteiger partial charge in [0.05, 0.1) is 6.61 Å². The lowest BCUT2D eigenvalue weighted by atomic mass is 10.2. The molecule has 1 radical (unpaired) electrons. The third-order valence-corrected chi connectivity index (χ3v) is 2.96. The summed E-state index contributed by atoms with van der Waals surface area (Å²) in [7, 11) is 0. The van der Waals surface area contributed by atoms with Crippen LogP contribution in [0.4, 0.5) is 0 Å². The molecule has 1 aromatic carbocycles. The number of H-pyrrole nitrogens is 1. The van der Waals surface area contributed by atoms with Crippen LogP contribution < -0.4 is 10.1 Å². The van der Waals surface area contributed by atoms with Gasteiger partial charge in [0.1, 0.15) is 5.75 Å². The van der Waals surface area contributed by atoms with Crippen LogP contribution in [-0.4, -0.2) is 24.7 Å². The lowest BCUT2D eigenvalue weighted by molar-refractivity contribution is 0.305. The van der Waals surface area contributed by atoms with Crippen LogP contribution in [0, 0.1) is 6.07 Å². The van der Waals surface area contributed by atoms with Crippen molar-refractivity contribution >= 4 is 10.9 Å². The van der Waals surface area contributed by atoms with Crippen LogP contribution in [0.15, 0.2) is 24.4 Å². The number of fused-ring (bicyclic) bond motifs is 1. The van der Waals surface area contributed by atoms with Crippen LogP contribution in [0.5, 0.6) is 5.75 Å². The number of hydrogen-bond donors (Lipinski definition) is 2. The van der Waals surface area contributed by atoms with E-state index in [1.807, 2.05) is 24.4 Å². The predicted molar refractivity (Wildman–Crippen MR) is 75.0 cm³/mol. The summed E-state index contributed by atoms with van der Waals surface area (Å²) in [5.41, 5.74) is 1.08. The summed E-state index contributed by atoms with van der Waals surface area (Å²) in [4.78, 5) is 3.14. The lowest BCUT2D eigenvalue weighted by Crippen LogP contribution is -2.14. The minimum Gasteiger partial charge on any atom is -0.494 e. The Balaban J connectivity index is 1.67. The van der Waals surface area contributed by atoms with Crippen molar-refractivity contribution in [3.63, 3.8) is 0 Å². The van der Waals surface area contributed by atoms with Gasteiger partial charge in [0, 0.05) is 29.2 Å². The molecule has 2 rings (SSSR count). The lowest BCUT2D eigenvalue weighted by Gasteiger charge is -2.06. The minimum absolute atomic E-state index is 0.794. The standard InChI is InChI=1S/C15H21N2O/c1-2-16-9-4-3-5-11-18-14-7-6-13-8-10-17-15(13)12-14/h6-7,10,12,16-17H,2-5,9,11H2,1H3. The summed E-state index contributed by atoms with van der Waals surface area (Å²) in [6.07, 6.45) is 5.38. The van der Waals surface area contributed by atoms with Crippen molar-refractivity contribution in [1.82, 2.24) is 10.3 Å². The molecule has 0 atom stereocenters. The maximum absolute atomic E-state index is 5.74. The molecule has 1 heterocycles. The number of ether oxygens (including phenoxy) is 1.